The van der Waals surface area contributed by atoms with Crippen molar-refractivity contribution in [2.24, 2.45) is 0 Å². The third-order valence-electron chi connectivity index (χ3n) is 7.67. The van der Waals surface area contributed by atoms with Crippen LogP contribution in [-0.4, -0.2) is 46.6 Å². The van der Waals surface area contributed by atoms with Crippen LogP contribution < -0.4 is 0 Å². The normalized spacial score (nSPS) is 21.0. The van der Waals surface area contributed by atoms with E-state index in [-0.39, 0.29) is 29.9 Å². The first-order valence-electron chi connectivity index (χ1n) is 12.6. The number of hydrogen-bond acceptors (Lipinski definition) is 5. The van der Waals surface area contributed by atoms with Crippen molar-refractivity contribution in [1.82, 2.24) is 19.5 Å². The van der Waals surface area contributed by atoms with E-state index in [2.05, 4.69) is 39.9 Å². The third kappa shape index (κ3) is 5.14. The Morgan fingerprint density at radius 2 is 1.83 bits per heavy atom. The van der Waals surface area contributed by atoms with Crippen molar-refractivity contribution in [2.45, 2.75) is 82.8 Å². The Kier molecular flexibility index (Phi) is 6.21. The lowest BCUT2D eigenvalue weighted by Crippen LogP contribution is -2.44. The average molecular weight is 493 g/mol. The number of carbonyl (C=O) groups is 1. The third-order valence-corrected chi connectivity index (χ3v) is 12.2. The SMILES string of the molecule is CC(C)(C)[Si](C)(C)O[C@H]1C[C@H](c2cn3nc(C4CC4)ccc3n2)N(C(=O)OCc2ccccc2)C1. The van der Waals surface area contributed by atoms with Gasteiger partial charge in [-0.3, -0.25) is 4.90 Å². The topological polar surface area (TPSA) is 69.0 Å². The predicted molar refractivity (Wildman–Crippen MR) is 138 cm³/mol. The summed E-state index contributed by atoms with van der Waals surface area (Å²) in [4.78, 5) is 19.9. The number of ether oxygens (including phenoxy) is 1. The Bertz CT molecular complexity index is 1200. The lowest BCUT2D eigenvalue weighted by Gasteiger charge is -2.38. The fourth-order valence-corrected chi connectivity index (χ4v) is 5.79. The number of imidazole rings is 1. The monoisotopic (exact) mass is 492 g/mol. The van der Waals surface area contributed by atoms with E-state index in [1.165, 1.54) is 12.8 Å². The Balaban J connectivity index is 1.39. The molecular weight excluding hydrogens is 456 g/mol. The molecule has 186 valence electrons. The van der Waals surface area contributed by atoms with Gasteiger partial charge in [-0.25, -0.2) is 14.3 Å². The first-order chi connectivity index (χ1) is 16.6. The summed E-state index contributed by atoms with van der Waals surface area (Å²) in [6, 6.07) is 13.7. The highest BCUT2D eigenvalue weighted by atomic mass is 28.4. The summed E-state index contributed by atoms with van der Waals surface area (Å²) in [6.07, 6.45) is 4.70. The van der Waals surface area contributed by atoms with Gasteiger partial charge in [-0.05, 0) is 48.7 Å². The van der Waals surface area contributed by atoms with Crippen molar-refractivity contribution < 1.29 is 14.0 Å². The molecule has 2 atom stereocenters. The van der Waals surface area contributed by atoms with Gasteiger partial charge in [0.2, 0.25) is 0 Å². The fraction of sp³-hybridized carbons (Fsp3) is 0.519. The number of benzene rings is 1. The zero-order chi connectivity index (χ0) is 24.8. The van der Waals surface area contributed by atoms with Gasteiger partial charge >= 0.3 is 6.09 Å². The Morgan fingerprint density at radius 1 is 1.09 bits per heavy atom. The molecule has 35 heavy (non-hydrogen) atoms. The molecule has 1 saturated heterocycles. The molecule has 5 rings (SSSR count). The number of hydrogen-bond donors (Lipinski definition) is 0. The molecular formula is C27H36N4O3Si. The molecule has 1 amide bonds. The second-order valence-corrected chi connectivity index (χ2v) is 16.2. The van der Waals surface area contributed by atoms with Crippen LogP contribution in [0.25, 0.3) is 5.65 Å². The minimum Gasteiger partial charge on any atom is -0.445 e. The zero-order valence-electron chi connectivity index (χ0n) is 21.4. The van der Waals surface area contributed by atoms with Gasteiger partial charge in [-0.2, -0.15) is 5.10 Å². The first-order valence-corrected chi connectivity index (χ1v) is 15.5. The largest absolute Gasteiger partial charge is 0.445 e. The maximum atomic E-state index is 13.3. The standard InChI is InChI=1S/C27H36N4O3Si/c1-27(2,3)35(4,5)34-21-15-24(30(16-21)26(32)33-18-19-9-7-6-8-10-19)23-17-31-25(28-23)14-13-22(29-31)20-11-12-20/h6-10,13-14,17,20-21,24H,11-12,15-16,18H2,1-5H3/t21-,24+/m0/s1. The van der Waals surface area contributed by atoms with Crippen molar-refractivity contribution in [3.63, 3.8) is 0 Å². The molecule has 2 fully saturated rings. The molecule has 3 aromatic rings. The second-order valence-electron chi connectivity index (χ2n) is 11.4. The Hall–Kier alpha value is -2.71. The molecule has 0 spiro atoms. The van der Waals surface area contributed by atoms with E-state index < -0.39 is 8.32 Å². The summed E-state index contributed by atoms with van der Waals surface area (Å²) in [5.41, 5.74) is 3.72. The van der Waals surface area contributed by atoms with Gasteiger partial charge < -0.3 is 9.16 Å². The zero-order valence-corrected chi connectivity index (χ0v) is 22.4. The van der Waals surface area contributed by atoms with E-state index in [4.69, 9.17) is 19.2 Å². The molecule has 0 radical (unpaired) electrons. The molecule has 1 aliphatic carbocycles. The molecule has 0 unspecified atom stereocenters. The van der Waals surface area contributed by atoms with Gasteiger partial charge in [-0.1, -0.05) is 51.1 Å². The van der Waals surface area contributed by atoms with Crippen LogP contribution >= 0.6 is 0 Å². The van der Waals surface area contributed by atoms with Gasteiger partial charge in [0, 0.05) is 18.9 Å². The molecule has 3 heterocycles. The van der Waals surface area contributed by atoms with E-state index in [0.29, 0.717) is 18.9 Å². The number of nitrogens with zero attached hydrogens (tertiary/aromatic N) is 4. The highest BCUT2D eigenvalue weighted by Gasteiger charge is 2.45. The molecule has 1 aromatic carbocycles. The van der Waals surface area contributed by atoms with E-state index in [9.17, 15) is 4.79 Å². The first kappa shape index (κ1) is 24.0. The van der Waals surface area contributed by atoms with Crippen molar-refractivity contribution in [2.75, 3.05) is 6.54 Å². The number of aromatic nitrogens is 3. The molecule has 2 aliphatic rings. The van der Waals surface area contributed by atoms with Crippen LogP contribution in [0.15, 0.2) is 48.7 Å². The van der Waals surface area contributed by atoms with Gasteiger partial charge in [0.1, 0.15) is 6.61 Å². The number of likely N-dealkylation sites (tertiary alicyclic amines) is 1. The molecule has 2 aromatic heterocycles. The van der Waals surface area contributed by atoms with Gasteiger partial charge in [0.05, 0.1) is 29.7 Å². The van der Waals surface area contributed by atoms with Gasteiger partial charge in [-0.15, -0.1) is 0 Å². The molecule has 0 bridgehead atoms. The number of amides is 1. The van der Waals surface area contributed by atoms with Crippen molar-refractivity contribution >= 4 is 20.1 Å². The molecule has 7 nitrogen and oxygen atoms in total. The smallest absolute Gasteiger partial charge is 0.410 e. The second kappa shape index (κ2) is 9.06. The summed E-state index contributed by atoms with van der Waals surface area (Å²) in [5.74, 6) is 0.573. The van der Waals surface area contributed by atoms with Crippen LogP contribution in [0, 0.1) is 0 Å². The Morgan fingerprint density at radius 3 is 2.51 bits per heavy atom. The lowest BCUT2D eigenvalue weighted by atomic mass is 10.1. The minimum absolute atomic E-state index is 0.0510. The summed E-state index contributed by atoms with van der Waals surface area (Å²) in [5, 5.41) is 4.87. The van der Waals surface area contributed by atoms with Crippen LogP contribution in [0.1, 0.15) is 68.9 Å². The highest BCUT2D eigenvalue weighted by Crippen LogP contribution is 2.42. The van der Waals surface area contributed by atoms with Crippen molar-refractivity contribution in [3.05, 3.63) is 65.6 Å². The van der Waals surface area contributed by atoms with E-state index >= 15 is 0 Å². The Labute approximate surface area is 208 Å². The summed E-state index contributed by atoms with van der Waals surface area (Å²) in [6.45, 7) is 12.0. The van der Waals surface area contributed by atoms with Crippen LogP contribution in [0.5, 0.6) is 0 Å². The average Bonchev–Trinajstić information content (AvgIpc) is 3.44. The fourth-order valence-electron chi connectivity index (χ4n) is 4.43. The molecule has 8 heteroatoms. The lowest BCUT2D eigenvalue weighted by molar-refractivity contribution is 0.0877. The summed E-state index contributed by atoms with van der Waals surface area (Å²) < 4.78 is 14.3. The van der Waals surface area contributed by atoms with E-state index in [0.717, 1.165) is 22.6 Å². The highest BCUT2D eigenvalue weighted by molar-refractivity contribution is 6.74. The van der Waals surface area contributed by atoms with E-state index in [1.54, 1.807) is 4.90 Å². The molecule has 1 aliphatic heterocycles. The van der Waals surface area contributed by atoms with Crippen molar-refractivity contribution in [3.8, 4) is 0 Å². The van der Waals surface area contributed by atoms with Crippen LogP contribution in [0.2, 0.25) is 18.1 Å². The van der Waals surface area contributed by atoms with Crippen LogP contribution in [-0.2, 0) is 15.8 Å². The quantitative estimate of drug-likeness (QED) is 0.390. The van der Waals surface area contributed by atoms with Gasteiger partial charge in [0.25, 0.3) is 0 Å². The maximum absolute atomic E-state index is 13.3. The molecule has 1 saturated carbocycles. The maximum Gasteiger partial charge on any atom is 0.410 e. The number of rotatable bonds is 6. The van der Waals surface area contributed by atoms with Gasteiger partial charge in [0.15, 0.2) is 14.0 Å². The number of fused-ring (bicyclic) bond motifs is 1. The van der Waals surface area contributed by atoms with Crippen LogP contribution in [0.4, 0.5) is 4.79 Å². The predicted octanol–water partition coefficient (Wildman–Crippen LogP) is 6.08. The minimum atomic E-state index is -2.00. The summed E-state index contributed by atoms with van der Waals surface area (Å²) in [7, 11) is -2.00. The van der Waals surface area contributed by atoms with Crippen LogP contribution in [0.3, 0.4) is 0 Å². The number of carbonyl (C=O) groups excluding carboxylic acids is 1. The summed E-state index contributed by atoms with van der Waals surface area (Å²) >= 11 is 0. The van der Waals surface area contributed by atoms with Crippen molar-refractivity contribution in [1.29, 1.82) is 0 Å². The van der Waals surface area contributed by atoms with E-state index in [1.807, 2.05) is 47.1 Å². The molecule has 0 N–H and O–H groups in total.